The molecule has 0 aliphatic heterocycles. The topological polar surface area (TPSA) is 64.1 Å². The second kappa shape index (κ2) is 4.88. The van der Waals surface area contributed by atoms with Gasteiger partial charge in [-0.3, -0.25) is 9.78 Å². The Labute approximate surface area is 131 Å². The highest BCUT2D eigenvalue weighted by Crippen LogP contribution is 2.60. The Kier molecular flexibility index (Phi) is 3.19. The molecule has 0 radical (unpaired) electrons. The van der Waals surface area contributed by atoms with Crippen molar-refractivity contribution in [2.24, 2.45) is 23.2 Å². The summed E-state index contributed by atoms with van der Waals surface area (Å²) in [6, 6.07) is 2.95. The van der Waals surface area contributed by atoms with E-state index in [-0.39, 0.29) is 21.8 Å². The van der Waals surface area contributed by atoms with E-state index in [0.29, 0.717) is 17.8 Å². The number of Topliss-reactive ketones (excluding diaryl/α,β-unsaturated/α-hetero) is 1. The molecule has 4 nitrogen and oxygen atoms in total. The fraction of sp³-hybridized carbons (Fsp3) is 0.647. The molecular weight excluding hydrogens is 298 g/mol. The SMILES string of the molecule is O=C(CS(=O)(=O)c1ccncc1)C12CC3CC(CC(C3)C1)C2. The Morgan fingerprint density at radius 1 is 1.05 bits per heavy atom. The molecule has 0 spiro atoms. The molecule has 0 saturated heterocycles. The van der Waals surface area contributed by atoms with Crippen molar-refractivity contribution in [3.63, 3.8) is 0 Å². The molecule has 4 saturated carbocycles. The monoisotopic (exact) mass is 319 g/mol. The van der Waals surface area contributed by atoms with Crippen molar-refractivity contribution in [3.8, 4) is 0 Å². The van der Waals surface area contributed by atoms with Gasteiger partial charge >= 0.3 is 0 Å². The number of pyridine rings is 1. The standard InChI is InChI=1S/C17H21NO3S/c19-16(11-22(20,21)15-1-3-18-4-2-15)17-8-12-5-13(9-17)7-14(6-12)10-17/h1-4,12-14H,5-11H2. The van der Waals surface area contributed by atoms with E-state index >= 15 is 0 Å². The molecule has 1 aromatic heterocycles. The van der Waals surface area contributed by atoms with Crippen LogP contribution in [0.4, 0.5) is 0 Å². The van der Waals surface area contributed by atoms with E-state index in [1.54, 1.807) is 0 Å². The van der Waals surface area contributed by atoms with Crippen molar-refractivity contribution in [1.82, 2.24) is 4.98 Å². The zero-order valence-electron chi connectivity index (χ0n) is 12.6. The minimum atomic E-state index is -3.54. The summed E-state index contributed by atoms with van der Waals surface area (Å²) in [5.41, 5.74) is -0.338. The van der Waals surface area contributed by atoms with E-state index < -0.39 is 9.84 Å². The maximum atomic E-state index is 12.9. The Morgan fingerprint density at radius 2 is 1.55 bits per heavy atom. The number of aromatic nitrogens is 1. The van der Waals surface area contributed by atoms with Crippen LogP contribution in [0.25, 0.3) is 0 Å². The largest absolute Gasteiger partial charge is 0.298 e. The summed E-state index contributed by atoms with van der Waals surface area (Å²) in [6.45, 7) is 0. The average Bonchev–Trinajstić information content (AvgIpc) is 2.46. The van der Waals surface area contributed by atoms with Crippen LogP contribution in [0.5, 0.6) is 0 Å². The van der Waals surface area contributed by atoms with E-state index in [1.807, 2.05) is 0 Å². The van der Waals surface area contributed by atoms with Gasteiger partial charge in [0.25, 0.3) is 0 Å². The normalized spacial score (nSPS) is 36.5. The van der Waals surface area contributed by atoms with Gasteiger partial charge < -0.3 is 0 Å². The molecule has 4 fully saturated rings. The molecule has 5 rings (SSSR count). The van der Waals surface area contributed by atoms with E-state index in [2.05, 4.69) is 4.98 Å². The van der Waals surface area contributed by atoms with Crippen molar-refractivity contribution < 1.29 is 13.2 Å². The van der Waals surface area contributed by atoms with Crippen molar-refractivity contribution in [2.75, 3.05) is 5.75 Å². The van der Waals surface area contributed by atoms with E-state index in [9.17, 15) is 13.2 Å². The number of rotatable bonds is 4. The number of carbonyl (C=O) groups is 1. The van der Waals surface area contributed by atoms with Gasteiger partial charge in [-0.05, 0) is 68.4 Å². The van der Waals surface area contributed by atoms with Gasteiger partial charge in [-0.15, -0.1) is 0 Å². The zero-order valence-corrected chi connectivity index (χ0v) is 13.4. The third-order valence-electron chi connectivity index (χ3n) is 5.96. The quantitative estimate of drug-likeness (QED) is 0.856. The molecule has 4 aliphatic carbocycles. The molecule has 22 heavy (non-hydrogen) atoms. The van der Waals surface area contributed by atoms with Crippen molar-refractivity contribution in [2.45, 2.75) is 43.4 Å². The smallest absolute Gasteiger partial charge is 0.185 e. The number of hydrogen-bond donors (Lipinski definition) is 0. The lowest BCUT2D eigenvalue weighted by Crippen LogP contribution is -2.51. The summed E-state index contributed by atoms with van der Waals surface area (Å²) >= 11 is 0. The highest BCUT2D eigenvalue weighted by molar-refractivity contribution is 7.92. The van der Waals surface area contributed by atoms with Crippen LogP contribution in [-0.2, 0) is 14.6 Å². The molecule has 0 atom stereocenters. The van der Waals surface area contributed by atoms with E-state index in [0.717, 1.165) is 19.3 Å². The molecule has 5 heteroatoms. The molecule has 0 unspecified atom stereocenters. The van der Waals surface area contributed by atoms with E-state index in [4.69, 9.17) is 0 Å². The lowest BCUT2D eigenvalue weighted by molar-refractivity contribution is -0.141. The van der Waals surface area contributed by atoms with Gasteiger partial charge in [0.1, 0.15) is 5.75 Å². The van der Waals surface area contributed by atoms with Gasteiger partial charge in [0.15, 0.2) is 15.6 Å². The number of sulfone groups is 1. The third-order valence-corrected chi connectivity index (χ3v) is 7.59. The highest BCUT2D eigenvalue weighted by atomic mass is 32.2. The number of nitrogens with zero attached hydrogens (tertiary/aromatic N) is 1. The fourth-order valence-corrected chi connectivity index (χ4v) is 6.76. The first-order chi connectivity index (χ1) is 10.5. The van der Waals surface area contributed by atoms with Gasteiger partial charge in [0.2, 0.25) is 0 Å². The number of hydrogen-bond acceptors (Lipinski definition) is 4. The zero-order chi connectivity index (χ0) is 15.4. The molecule has 0 N–H and O–H groups in total. The van der Waals surface area contributed by atoms with Gasteiger partial charge in [0.05, 0.1) is 4.90 Å². The Hall–Kier alpha value is -1.23. The lowest BCUT2D eigenvalue weighted by atomic mass is 9.48. The summed E-state index contributed by atoms with van der Waals surface area (Å²) in [6.07, 6.45) is 9.44. The van der Waals surface area contributed by atoms with Crippen LogP contribution < -0.4 is 0 Å². The van der Waals surface area contributed by atoms with Crippen molar-refractivity contribution >= 4 is 15.6 Å². The van der Waals surface area contributed by atoms with Crippen LogP contribution in [0.3, 0.4) is 0 Å². The lowest BCUT2D eigenvalue weighted by Gasteiger charge is -2.55. The maximum absolute atomic E-state index is 12.9. The summed E-state index contributed by atoms with van der Waals surface area (Å²) in [4.78, 5) is 16.9. The maximum Gasteiger partial charge on any atom is 0.185 e. The van der Waals surface area contributed by atoms with Crippen molar-refractivity contribution in [3.05, 3.63) is 24.5 Å². The highest BCUT2D eigenvalue weighted by Gasteiger charge is 2.54. The predicted molar refractivity (Wildman–Crippen MR) is 81.9 cm³/mol. The number of carbonyl (C=O) groups excluding carboxylic acids is 1. The Bertz CT molecular complexity index is 661. The Morgan fingerprint density at radius 3 is 2.05 bits per heavy atom. The van der Waals surface area contributed by atoms with E-state index in [1.165, 1.54) is 43.8 Å². The number of ketones is 1. The second-order valence-corrected chi connectivity index (χ2v) is 9.55. The molecule has 1 aromatic rings. The second-order valence-electron chi connectivity index (χ2n) is 7.56. The van der Waals surface area contributed by atoms with Crippen LogP contribution in [0, 0.1) is 23.2 Å². The summed E-state index contributed by atoms with van der Waals surface area (Å²) < 4.78 is 25.0. The minimum Gasteiger partial charge on any atom is -0.298 e. The first kappa shape index (κ1) is 14.4. The van der Waals surface area contributed by atoms with Gasteiger partial charge in [-0.25, -0.2) is 8.42 Å². The molecular formula is C17H21NO3S. The first-order valence-electron chi connectivity index (χ1n) is 8.13. The summed E-state index contributed by atoms with van der Waals surface area (Å²) in [5, 5.41) is 0. The third kappa shape index (κ3) is 2.30. The van der Waals surface area contributed by atoms with Crippen LogP contribution in [0.15, 0.2) is 29.4 Å². The molecule has 1 heterocycles. The fourth-order valence-electron chi connectivity index (χ4n) is 5.41. The van der Waals surface area contributed by atoms with Gasteiger partial charge in [-0.1, -0.05) is 0 Å². The van der Waals surface area contributed by atoms with Crippen LogP contribution in [0.1, 0.15) is 38.5 Å². The molecule has 4 bridgehead atoms. The average molecular weight is 319 g/mol. The van der Waals surface area contributed by atoms with Crippen LogP contribution in [0.2, 0.25) is 0 Å². The molecule has 118 valence electrons. The summed E-state index contributed by atoms with van der Waals surface area (Å²) in [5.74, 6) is 1.57. The van der Waals surface area contributed by atoms with Gasteiger partial charge in [0, 0.05) is 17.8 Å². The summed E-state index contributed by atoms with van der Waals surface area (Å²) in [7, 11) is -3.54. The Balaban J connectivity index is 1.58. The van der Waals surface area contributed by atoms with Gasteiger partial charge in [-0.2, -0.15) is 0 Å². The molecule has 4 aliphatic rings. The first-order valence-corrected chi connectivity index (χ1v) is 9.78. The molecule has 0 amide bonds. The molecule has 0 aromatic carbocycles. The predicted octanol–water partition coefficient (Wildman–Crippen LogP) is 2.64. The minimum absolute atomic E-state index is 0.0385. The van der Waals surface area contributed by atoms with Crippen LogP contribution in [-0.4, -0.2) is 24.9 Å². The van der Waals surface area contributed by atoms with Crippen LogP contribution >= 0.6 is 0 Å². The van der Waals surface area contributed by atoms with Crippen molar-refractivity contribution in [1.29, 1.82) is 0 Å².